The third-order valence-corrected chi connectivity index (χ3v) is 4.72. The van der Waals surface area contributed by atoms with Crippen LogP contribution in [0, 0.1) is 0 Å². The smallest absolute Gasteiger partial charge is 0.232 e. The maximum Gasteiger partial charge on any atom is 0.232 e. The summed E-state index contributed by atoms with van der Waals surface area (Å²) in [7, 11) is -3.30. The topological polar surface area (TPSA) is 66.5 Å². The van der Waals surface area contributed by atoms with Gasteiger partial charge in [0.05, 0.1) is 11.4 Å². The van der Waals surface area contributed by atoms with Gasteiger partial charge < -0.3 is 4.90 Å². The lowest BCUT2D eigenvalue weighted by Gasteiger charge is -2.27. The van der Waals surface area contributed by atoms with Crippen LogP contribution in [-0.2, 0) is 14.8 Å². The van der Waals surface area contributed by atoms with Crippen LogP contribution in [0.15, 0.2) is 24.3 Å². The molecule has 20 heavy (non-hydrogen) atoms. The standard InChI is InChI=1S/C14H20N2O3S/c1-2-10-20(18,19)15-12-6-5-7-13(11-12)16-9-4-3-8-14(16)17/h5-7,11,15H,2-4,8-10H2,1H3. The quantitative estimate of drug-likeness (QED) is 0.907. The van der Waals surface area contributed by atoms with Gasteiger partial charge in [-0.2, -0.15) is 0 Å². The van der Waals surface area contributed by atoms with Crippen LogP contribution in [-0.4, -0.2) is 26.6 Å². The summed E-state index contributed by atoms with van der Waals surface area (Å²) in [6.45, 7) is 2.52. The molecule has 1 aromatic carbocycles. The molecule has 5 nitrogen and oxygen atoms in total. The Balaban J connectivity index is 2.17. The van der Waals surface area contributed by atoms with Crippen molar-refractivity contribution in [3.8, 4) is 0 Å². The van der Waals surface area contributed by atoms with Crippen molar-refractivity contribution in [1.29, 1.82) is 0 Å². The third-order valence-electron chi connectivity index (χ3n) is 3.23. The first-order valence-corrected chi connectivity index (χ1v) is 8.58. The number of nitrogens with one attached hydrogen (secondary N) is 1. The van der Waals surface area contributed by atoms with Crippen molar-refractivity contribution in [3.05, 3.63) is 24.3 Å². The second kappa shape index (κ2) is 6.26. The van der Waals surface area contributed by atoms with Gasteiger partial charge in [-0.15, -0.1) is 0 Å². The van der Waals surface area contributed by atoms with Crippen LogP contribution in [0.3, 0.4) is 0 Å². The van der Waals surface area contributed by atoms with Gasteiger partial charge >= 0.3 is 0 Å². The first-order valence-electron chi connectivity index (χ1n) is 6.93. The number of piperidine rings is 1. The summed E-state index contributed by atoms with van der Waals surface area (Å²) in [5.74, 6) is 0.199. The predicted molar refractivity (Wildman–Crippen MR) is 80.3 cm³/mol. The number of sulfonamides is 1. The van der Waals surface area contributed by atoms with E-state index in [1.807, 2.05) is 13.0 Å². The minimum atomic E-state index is -3.30. The molecule has 0 radical (unpaired) electrons. The zero-order valence-electron chi connectivity index (χ0n) is 11.6. The number of hydrogen-bond donors (Lipinski definition) is 1. The Labute approximate surface area is 120 Å². The minimum absolute atomic E-state index is 0.0971. The molecule has 0 aromatic heterocycles. The lowest BCUT2D eigenvalue weighted by Crippen LogP contribution is -2.35. The maximum absolute atomic E-state index is 11.9. The summed E-state index contributed by atoms with van der Waals surface area (Å²) in [5, 5.41) is 0. The predicted octanol–water partition coefficient (Wildman–Crippen LogP) is 2.36. The van der Waals surface area contributed by atoms with Crippen LogP contribution in [0.2, 0.25) is 0 Å². The van der Waals surface area contributed by atoms with E-state index in [1.54, 1.807) is 23.1 Å². The number of amides is 1. The van der Waals surface area contributed by atoms with Gasteiger partial charge in [0.2, 0.25) is 15.9 Å². The summed E-state index contributed by atoms with van der Waals surface area (Å²) < 4.78 is 26.1. The summed E-state index contributed by atoms with van der Waals surface area (Å²) in [6.07, 6.45) is 3.04. The van der Waals surface area contributed by atoms with Crippen LogP contribution >= 0.6 is 0 Å². The van der Waals surface area contributed by atoms with Crippen molar-refractivity contribution in [2.45, 2.75) is 32.6 Å². The first kappa shape index (κ1) is 14.8. The normalized spacial score (nSPS) is 16.2. The van der Waals surface area contributed by atoms with Gasteiger partial charge in [0.25, 0.3) is 0 Å². The fourth-order valence-corrected chi connectivity index (χ4v) is 3.44. The number of benzene rings is 1. The van der Waals surface area contributed by atoms with E-state index in [0.29, 0.717) is 25.1 Å². The Hall–Kier alpha value is -1.56. The number of nitrogens with zero attached hydrogens (tertiary/aromatic N) is 1. The largest absolute Gasteiger partial charge is 0.312 e. The van der Waals surface area contributed by atoms with Crippen molar-refractivity contribution >= 4 is 27.3 Å². The summed E-state index contributed by atoms with van der Waals surface area (Å²) >= 11 is 0. The maximum atomic E-state index is 11.9. The van der Waals surface area contributed by atoms with E-state index < -0.39 is 10.0 Å². The molecule has 0 aliphatic carbocycles. The zero-order valence-corrected chi connectivity index (χ0v) is 12.4. The molecule has 0 atom stereocenters. The Kier molecular flexibility index (Phi) is 4.65. The van der Waals surface area contributed by atoms with Crippen molar-refractivity contribution in [2.24, 2.45) is 0 Å². The molecule has 0 bridgehead atoms. The highest BCUT2D eigenvalue weighted by Gasteiger charge is 2.20. The Morgan fingerprint density at radius 2 is 2.10 bits per heavy atom. The molecule has 110 valence electrons. The molecule has 1 aromatic rings. The molecule has 0 spiro atoms. The van der Waals surface area contributed by atoms with Crippen LogP contribution < -0.4 is 9.62 Å². The molecular formula is C14H20N2O3S. The van der Waals surface area contributed by atoms with E-state index in [2.05, 4.69) is 4.72 Å². The van der Waals surface area contributed by atoms with Gasteiger partial charge in [-0.25, -0.2) is 8.42 Å². The van der Waals surface area contributed by atoms with Crippen LogP contribution in [0.5, 0.6) is 0 Å². The zero-order chi connectivity index (χ0) is 14.6. The minimum Gasteiger partial charge on any atom is -0.312 e. The highest BCUT2D eigenvalue weighted by atomic mass is 32.2. The summed E-state index contributed by atoms with van der Waals surface area (Å²) in [6, 6.07) is 7.02. The van der Waals surface area contributed by atoms with E-state index in [1.165, 1.54) is 0 Å². The van der Waals surface area contributed by atoms with Gasteiger partial charge in [-0.05, 0) is 37.5 Å². The van der Waals surface area contributed by atoms with E-state index in [0.717, 1.165) is 18.5 Å². The third kappa shape index (κ3) is 3.72. The van der Waals surface area contributed by atoms with Crippen LogP contribution in [0.4, 0.5) is 11.4 Å². The fourth-order valence-electron chi connectivity index (χ4n) is 2.32. The number of rotatable bonds is 5. The van der Waals surface area contributed by atoms with Crippen molar-refractivity contribution in [3.63, 3.8) is 0 Å². The van der Waals surface area contributed by atoms with E-state index in [-0.39, 0.29) is 11.7 Å². The van der Waals surface area contributed by atoms with Gasteiger partial charge in [0, 0.05) is 18.7 Å². The van der Waals surface area contributed by atoms with Crippen LogP contribution in [0.1, 0.15) is 32.6 Å². The molecule has 1 saturated heterocycles. The van der Waals surface area contributed by atoms with E-state index in [9.17, 15) is 13.2 Å². The van der Waals surface area contributed by atoms with E-state index >= 15 is 0 Å². The van der Waals surface area contributed by atoms with Crippen LogP contribution in [0.25, 0.3) is 0 Å². The Bertz CT molecular complexity index is 584. The number of hydrogen-bond acceptors (Lipinski definition) is 3. The molecule has 0 saturated carbocycles. The molecule has 1 fully saturated rings. The number of anilines is 2. The molecule has 0 unspecified atom stereocenters. The molecule has 1 N–H and O–H groups in total. The summed E-state index contributed by atoms with van der Waals surface area (Å²) in [5.41, 5.74) is 1.26. The lowest BCUT2D eigenvalue weighted by atomic mass is 10.1. The molecular weight excluding hydrogens is 276 g/mol. The highest BCUT2D eigenvalue weighted by molar-refractivity contribution is 7.92. The van der Waals surface area contributed by atoms with E-state index in [4.69, 9.17) is 0 Å². The molecule has 1 aliphatic heterocycles. The van der Waals surface area contributed by atoms with Crippen molar-refractivity contribution in [2.75, 3.05) is 21.9 Å². The average molecular weight is 296 g/mol. The fraction of sp³-hybridized carbons (Fsp3) is 0.500. The Morgan fingerprint density at radius 1 is 1.30 bits per heavy atom. The van der Waals surface area contributed by atoms with Gasteiger partial charge in [0.15, 0.2) is 0 Å². The Morgan fingerprint density at radius 3 is 2.80 bits per heavy atom. The summed E-state index contributed by atoms with van der Waals surface area (Å²) in [4.78, 5) is 13.6. The second-order valence-electron chi connectivity index (χ2n) is 4.97. The molecule has 1 amide bonds. The van der Waals surface area contributed by atoms with Gasteiger partial charge in [0.1, 0.15) is 0 Å². The molecule has 2 rings (SSSR count). The monoisotopic (exact) mass is 296 g/mol. The molecule has 1 heterocycles. The highest BCUT2D eigenvalue weighted by Crippen LogP contribution is 2.24. The SMILES string of the molecule is CCCS(=O)(=O)Nc1cccc(N2CCCCC2=O)c1. The van der Waals surface area contributed by atoms with Gasteiger partial charge in [-0.3, -0.25) is 9.52 Å². The number of carbonyl (C=O) groups is 1. The molecule has 6 heteroatoms. The second-order valence-corrected chi connectivity index (χ2v) is 6.82. The van der Waals surface area contributed by atoms with Crippen molar-refractivity contribution in [1.82, 2.24) is 0 Å². The lowest BCUT2D eigenvalue weighted by molar-refractivity contribution is -0.119. The molecule has 1 aliphatic rings. The van der Waals surface area contributed by atoms with Gasteiger partial charge in [-0.1, -0.05) is 13.0 Å². The first-order chi connectivity index (χ1) is 9.52. The average Bonchev–Trinajstić information content (AvgIpc) is 2.38. The van der Waals surface area contributed by atoms with Crippen molar-refractivity contribution < 1.29 is 13.2 Å². The number of carbonyl (C=O) groups excluding carboxylic acids is 1.